The molecule has 224 valence electrons. The average molecular weight is 594 g/mol. The van der Waals surface area contributed by atoms with E-state index in [2.05, 4.69) is 31.0 Å². The zero-order valence-corrected chi connectivity index (χ0v) is 21.3. The second kappa shape index (κ2) is 12.6. The van der Waals surface area contributed by atoms with E-state index in [9.17, 15) is 26.3 Å². The maximum absolute atomic E-state index is 10.6. The van der Waals surface area contributed by atoms with Crippen LogP contribution in [0, 0.1) is 12.8 Å². The van der Waals surface area contributed by atoms with Gasteiger partial charge in [-0.3, -0.25) is 4.98 Å². The molecule has 0 amide bonds. The maximum atomic E-state index is 10.6. The number of carboxylic acid groups (broad SMARTS) is 2. The van der Waals surface area contributed by atoms with Gasteiger partial charge in [-0.05, 0) is 25.5 Å². The highest BCUT2D eigenvalue weighted by molar-refractivity contribution is 5.73. The molecular weight excluding hydrogens is 570 g/mol. The van der Waals surface area contributed by atoms with Gasteiger partial charge in [-0.1, -0.05) is 6.07 Å². The van der Waals surface area contributed by atoms with Gasteiger partial charge >= 0.3 is 24.3 Å². The first-order chi connectivity index (χ1) is 19.1. The average Bonchev–Trinajstić information content (AvgIpc) is 3.50. The minimum absolute atomic E-state index is 0.131. The number of aryl methyl sites for hydroxylation is 1. The normalized spacial score (nSPS) is 17.7. The van der Waals surface area contributed by atoms with Gasteiger partial charge in [-0.25, -0.2) is 14.6 Å². The van der Waals surface area contributed by atoms with Crippen molar-refractivity contribution in [2.75, 3.05) is 31.2 Å². The molecule has 3 aromatic heterocycles. The fourth-order valence-electron chi connectivity index (χ4n) is 4.06. The quantitative estimate of drug-likeness (QED) is 0.420. The summed E-state index contributed by atoms with van der Waals surface area (Å²) in [5, 5.41) is 18.6. The van der Waals surface area contributed by atoms with Crippen molar-refractivity contribution in [3.8, 4) is 0 Å². The third-order valence-corrected chi connectivity index (χ3v) is 5.98. The van der Waals surface area contributed by atoms with E-state index in [0.717, 1.165) is 43.3 Å². The molecule has 2 N–H and O–H groups in total. The van der Waals surface area contributed by atoms with E-state index >= 15 is 0 Å². The number of aliphatic carboxylic acids is 2. The number of fused-ring (bicyclic) bond motifs is 1. The predicted molar refractivity (Wildman–Crippen MR) is 126 cm³/mol. The van der Waals surface area contributed by atoms with Crippen molar-refractivity contribution in [1.82, 2.24) is 24.6 Å². The van der Waals surface area contributed by atoms with Crippen LogP contribution in [0.25, 0.3) is 5.78 Å². The molecule has 0 bridgehead atoms. The number of hydrogen-bond donors (Lipinski definition) is 2. The molecule has 0 radical (unpaired) electrons. The summed E-state index contributed by atoms with van der Waals surface area (Å²) >= 11 is 0. The molecule has 3 aromatic rings. The van der Waals surface area contributed by atoms with Gasteiger partial charge in [0.1, 0.15) is 17.7 Å². The van der Waals surface area contributed by atoms with Crippen LogP contribution in [0.3, 0.4) is 0 Å². The number of carbonyl (C=O) groups is 2. The number of halogens is 6. The zero-order chi connectivity index (χ0) is 30.4. The van der Waals surface area contributed by atoms with Crippen LogP contribution in [0.5, 0.6) is 0 Å². The summed E-state index contributed by atoms with van der Waals surface area (Å²) in [6.45, 7) is 5.68. The van der Waals surface area contributed by atoms with Crippen molar-refractivity contribution < 1.29 is 55.6 Å². The molecule has 5 heterocycles. The summed E-state index contributed by atoms with van der Waals surface area (Å²) in [4.78, 5) is 33.0. The maximum Gasteiger partial charge on any atom is 0.490 e. The van der Waals surface area contributed by atoms with Gasteiger partial charge in [-0.15, -0.1) is 0 Å². The Bertz CT molecular complexity index is 1310. The molecule has 2 fully saturated rings. The van der Waals surface area contributed by atoms with Crippen LogP contribution < -0.4 is 4.90 Å². The molecule has 12 nitrogen and oxygen atoms in total. The van der Waals surface area contributed by atoms with Crippen LogP contribution in [0.1, 0.15) is 17.8 Å². The molecular formula is C23H24F6N6O6. The number of carboxylic acids is 2. The van der Waals surface area contributed by atoms with Gasteiger partial charge < -0.3 is 24.6 Å². The molecule has 1 atom stereocenters. The van der Waals surface area contributed by atoms with Crippen LogP contribution in [0.4, 0.5) is 32.2 Å². The van der Waals surface area contributed by atoms with Gasteiger partial charge in [-0.2, -0.15) is 40.9 Å². The predicted octanol–water partition coefficient (Wildman–Crippen LogP) is 2.91. The molecule has 18 heteroatoms. The van der Waals surface area contributed by atoms with Crippen LogP contribution >= 0.6 is 0 Å². The smallest absolute Gasteiger partial charge is 0.475 e. The first-order valence-electron chi connectivity index (χ1n) is 11.8. The van der Waals surface area contributed by atoms with E-state index in [1.165, 1.54) is 0 Å². The molecule has 0 saturated carbocycles. The van der Waals surface area contributed by atoms with E-state index in [0.29, 0.717) is 24.9 Å². The van der Waals surface area contributed by atoms with Gasteiger partial charge in [0.05, 0.1) is 32.0 Å². The van der Waals surface area contributed by atoms with Crippen molar-refractivity contribution in [3.63, 3.8) is 0 Å². The molecule has 0 aliphatic carbocycles. The van der Waals surface area contributed by atoms with Crippen molar-refractivity contribution in [2.45, 2.75) is 37.9 Å². The molecule has 1 spiro atoms. The Balaban J connectivity index is 0.000000276. The lowest BCUT2D eigenvalue weighted by molar-refractivity contribution is -0.193. The second-order valence-corrected chi connectivity index (χ2v) is 8.92. The zero-order valence-electron chi connectivity index (χ0n) is 21.3. The Kier molecular flexibility index (Phi) is 9.69. The van der Waals surface area contributed by atoms with E-state index in [4.69, 9.17) is 29.3 Å². The van der Waals surface area contributed by atoms with Crippen molar-refractivity contribution >= 4 is 23.5 Å². The minimum Gasteiger partial charge on any atom is -0.475 e. The summed E-state index contributed by atoms with van der Waals surface area (Å²) in [5.74, 6) is -3.47. The summed E-state index contributed by atoms with van der Waals surface area (Å²) < 4.78 is 77.4. The number of anilines is 1. The monoisotopic (exact) mass is 594 g/mol. The third kappa shape index (κ3) is 8.23. The number of rotatable bonds is 5. The van der Waals surface area contributed by atoms with Crippen LogP contribution in [-0.2, 0) is 25.7 Å². The SMILES string of the molecule is Cc1cc(N2CC3(C2)OCCC3COCc2ccccn2)n2ncnc2n1.O=C(O)C(F)(F)F.O=C(O)C(F)(F)F. The molecule has 1 unspecified atom stereocenters. The van der Waals surface area contributed by atoms with Crippen LogP contribution in [-0.4, -0.2) is 91.0 Å². The van der Waals surface area contributed by atoms with Gasteiger partial charge in [0.2, 0.25) is 0 Å². The Labute approximate surface area is 227 Å². The molecule has 0 aromatic carbocycles. The first kappa shape index (κ1) is 31.5. The number of pyridine rings is 1. The Hall–Kier alpha value is -4.06. The lowest BCUT2D eigenvalue weighted by Gasteiger charge is -2.51. The fraction of sp³-hybridized carbons (Fsp3) is 0.478. The summed E-state index contributed by atoms with van der Waals surface area (Å²) in [6, 6.07) is 7.94. The standard InChI is InChI=1S/C19H22N6O2.2C2HF3O2/c1-14-8-17(25-18(23-14)21-13-22-25)24-11-19(12-24)15(5-7-27-19)9-26-10-16-4-2-3-6-20-16;2*3-2(4,5)1(6)7/h2-4,6,8,13,15H,5,7,9-12H2,1H3;2*(H,6,7). The third-order valence-electron chi connectivity index (χ3n) is 5.98. The Morgan fingerprint density at radius 2 is 1.73 bits per heavy atom. The van der Waals surface area contributed by atoms with E-state index < -0.39 is 24.3 Å². The molecule has 2 aliphatic rings. The second-order valence-electron chi connectivity index (χ2n) is 8.92. The molecule has 2 aliphatic heterocycles. The first-order valence-corrected chi connectivity index (χ1v) is 11.8. The summed E-state index contributed by atoms with van der Waals surface area (Å²) in [5.41, 5.74) is 1.77. The van der Waals surface area contributed by atoms with E-state index in [-0.39, 0.29) is 5.60 Å². The lowest BCUT2D eigenvalue weighted by atomic mass is 9.81. The number of nitrogens with zero attached hydrogens (tertiary/aromatic N) is 6. The minimum atomic E-state index is -5.08. The highest BCUT2D eigenvalue weighted by Gasteiger charge is 2.53. The van der Waals surface area contributed by atoms with Crippen molar-refractivity contribution in [2.24, 2.45) is 5.92 Å². The number of hydrogen-bond acceptors (Lipinski definition) is 9. The Morgan fingerprint density at radius 1 is 1.10 bits per heavy atom. The van der Waals surface area contributed by atoms with Crippen molar-refractivity contribution in [3.05, 3.63) is 48.2 Å². The van der Waals surface area contributed by atoms with E-state index in [1.807, 2.05) is 25.1 Å². The lowest BCUT2D eigenvalue weighted by Crippen LogP contribution is -2.66. The molecule has 2 saturated heterocycles. The molecule has 41 heavy (non-hydrogen) atoms. The fourth-order valence-corrected chi connectivity index (χ4v) is 4.06. The van der Waals surface area contributed by atoms with Crippen molar-refractivity contribution in [1.29, 1.82) is 0 Å². The van der Waals surface area contributed by atoms with Gasteiger partial charge in [0, 0.05) is 30.5 Å². The number of ether oxygens (including phenoxy) is 2. The van der Waals surface area contributed by atoms with Crippen LogP contribution in [0.15, 0.2) is 36.8 Å². The van der Waals surface area contributed by atoms with E-state index in [1.54, 1.807) is 17.0 Å². The highest BCUT2D eigenvalue weighted by atomic mass is 19.4. The van der Waals surface area contributed by atoms with Gasteiger partial charge in [0.25, 0.3) is 5.78 Å². The summed E-state index contributed by atoms with van der Waals surface area (Å²) in [6.07, 6.45) is -5.80. The highest BCUT2D eigenvalue weighted by Crippen LogP contribution is 2.42. The summed E-state index contributed by atoms with van der Waals surface area (Å²) in [7, 11) is 0. The number of alkyl halides is 6. The van der Waals surface area contributed by atoms with Crippen LogP contribution in [0.2, 0.25) is 0 Å². The molecule has 5 rings (SSSR count). The largest absolute Gasteiger partial charge is 0.490 e. The number of aromatic nitrogens is 5. The Morgan fingerprint density at radius 3 is 2.29 bits per heavy atom. The van der Waals surface area contributed by atoms with Gasteiger partial charge in [0.15, 0.2) is 0 Å². The topological polar surface area (TPSA) is 152 Å².